The van der Waals surface area contributed by atoms with Gasteiger partial charge in [-0.3, -0.25) is 0 Å². The first kappa shape index (κ1) is 12.6. The van der Waals surface area contributed by atoms with Gasteiger partial charge in [0.2, 0.25) is 0 Å². The van der Waals surface area contributed by atoms with E-state index in [1.165, 1.54) is 11.3 Å². The lowest BCUT2D eigenvalue weighted by Crippen LogP contribution is -2.16. The van der Waals surface area contributed by atoms with Crippen molar-refractivity contribution in [3.8, 4) is 0 Å². The molecule has 2 rings (SSSR count). The minimum atomic E-state index is 0.907. The predicted octanol–water partition coefficient (Wildman–Crippen LogP) is 3.89. The third-order valence-corrected chi connectivity index (χ3v) is 2.49. The maximum atomic E-state index is 4.07. The largest absolute Gasteiger partial charge is 0.384 e. The minimum absolute atomic E-state index is 0.907. The summed E-state index contributed by atoms with van der Waals surface area (Å²) >= 11 is 0. The number of nitrogens with one attached hydrogen (secondary N) is 1. The molecule has 0 spiro atoms. The topological polar surface area (TPSA) is 12.0 Å². The van der Waals surface area contributed by atoms with Crippen LogP contribution in [0.1, 0.15) is 26.7 Å². The van der Waals surface area contributed by atoms with Crippen LogP contribution in [0.2, 0.25) is 0 Å². The second-order valence-electron chi connectivity index (χ2n) is 3.53. The molecular weight excluding hydrogens is 194 g/mol. The molecule has 0 aromatic rings. The van der Waals surface area contributed by atoms with Crippen LogP contribution >= 0.6 is 0 Å². The zero-order valence-corrected chi connectivity index (χ0v) is 10.3. The fourth-order valence-electron chi connectivity index (χ4n) is 1.74. The van der Waals surface area contributed by atoms with Crippen molar-refractivity contribution in [3.05, 3.63) is 59.9 Å². The molecule has 1 heterocycles. The van der Waals surface area contributed by atoms with Crippen LogP contribution in [0.25, 0.3) is 0 Å². The van der Waals surface area contributed by atoms with E-state index in [-0.39, 0.29) is 0 Å². The smallest absolute Gasteiger partial charge is 0.0331 e. The molecule has 1 N–H and O–H groups in total. The van der Waals surface area contributed by atoms with Crippen LogP contribution in [0, 0.1) is 0 Å². The lowest BCUT2D eigenvalue weighted by atomic mass is 9.97. The Morgan fingerprint density at radius 1 is 1.12 bits per heavy atom. The zero-order chi connectivity index (χ0) is 11.8. The van der Waals surface area contributed by atoms with Crippen molar-refractivity contribution in [2.45, 2.75) is 26.7 Å². The van der Waals surface area contributed by atoms with Crippen LogP contribution in [0.3, 0.4) is 0 Å². The average Bonchev–Trinajstić information content (AvgIpc) is 2.44. The van der Waals surface area contributed by atoms with Crippen LogP contribution in [0.15, 0.2) is 59.9 Å². The van der Waals surface area contributed by atoms with Crippen molar-refractivity contribution in [3.63, 3.8) is 0 Å². The first-order chi connectivity index (χ1) is 7.88. The highest BCUT2D eigenvalue weighted by Crippen LogP contribution is 2.23. The van der Waals surface area contributed by atoms with E-state index in [1.807, 2.05) is 19.9 Å². The maximum Gasteiger partial charge on any atom is 0.0331 e. The maximum absolute atomic E-state index is 4.07. The van der Waals surface area contributed by atoms with Gasteiger partial charge in [-0.05, 0) is 24.0 Å². The summed E-state index contributed by atoms with van der Waals surface area (Å²) in [6, 6.07) is 0. The summed E-state index contributed by atoms with van der Waals surface area (Å²) < 4.78 is 0. The fourth-order valence-corrected chi connectivity index (χ4v) is 1.74. The third-order valence-electron chi connectivity index (χ3n) is 2.49. The van der Waals surface area contributed by atoms with E-state index in [0.29, 0.717) is 0 Å². The molecule has 1 nitrogen and oxygen atoms in total. The predicted molar refractivity (Wildman–Crippen MR) is 72.2 cm³/mol. The highest BCUT2D eigenvalue weighted by molar-refractivity contribution is 5.49. The van der Waals surface area contributed by atoms with Crippen molar-refractivity contribution in [2.24, 2.45) is 0 Å². The van der Waals surface area contributed by atoms with E-state index in [0.717, 1.165) is 25.0 Å². The van der Waals surface area contributed by atoms with Crippen LogP contribution in [0.5, 0.6) is 0 Å². The zero-order valence-electron chi connectivity index (χ0n) is 10.3. The molecule has 0 aromatic carbocycles. The van der Waals surface area contributed by atoms with E-state index >= 15 is 0 Å². The van der Waals surface area contributed by atoms with Gasteiger partial charge in [0.15, 0.2) is 0 Å². The summed E-state index contributed by atoms with van der Waals surface area (Å²) in [6.07, 6.45) is 14.9. The Hall–Kier alpha value is -1.50. The highest BCUT2D eigenvalue weighted by Gasteiger charge is 2.09. The molecule has 0 saturated carbocycles. The van der Waals surface area contributed by atoms with E-state index < -0.39 is 0 Å². The van der Waals surface area contributed by atoms with Crippen molar-refractivity contribution in [1.82, 2.24) is 5.32 Å². The summed E-state index contributed by atoms with van der Waals surface area (Å²) in [5.41, 5.74) is 3.68. The van der Waals surface area contributed by atoms with Gasteiger partial charge >= 0.3 is 0 Å². The average molecular weight is 215 g/mol. The minimum Gasteiger partial charge on any atom is -0.384 e. The molecule has 0 atom stereocenters. The molecule has 0 saturated heterocycles. The lowest BCUT2D eigenvalue weighted by Gasteiger charge is -2.17. The molecule has 2 aliphatic rings. The Labute approximate surface area is 98.9 Å². The highest BCUT2D eigenvalue weighted by atomic mass is 14.9. The Morgan fingerprint density at radius 3 is 2.75 bits per heavy atom. The van der Waals surface area contributed by atoms with Gasteiger partial charge in [0.05, 0.1) is 0 Å². The first-order valence-electron chi connectivity index (χ1n) is 6.04. The van der Waals surface area contributed by atoms with Gasteiger partial charge in [-0.25, -0.2) is 0 Å². The van der Waals surface area contributed by atoms with Gasteiger partial charge in [-0.15, -0.1) is 0 Å². The second kappa shape index (κ2) is 6.89. The SMILES string of the molecule is C=C1/C=C\C=C/CNC2=C1C=CCC2.CC. The van der Waals surface area contributed by atoms with Crippen LogP contribution < -0.4 is 5.32 Å². The number of rotatable bonds is 0. The molecule has 1 aliphatic heterocycles. The van der Waals surface area contributed by atoms with Gasteiger partial charge in [-0.1, -0.05) is 56.9 Å². The Morgan fingerprint density at radius 2 is 1.94 bits per heavy atom. The number of hydrogen-bond acceptors (Lipinski definition) is 1. The van der Waals surface area contributed by atoms with E-state index in [1.54, 1.807) is 0 Å². The molecule has 1 aliphatic carbocycles. The first-order valence-corrected chi connectivity index (χ1v) is 6.04. The standard InChI is InChI=1S/C13H15N.C2H6/c1-11-7-3-2-6-10-14-13-9-5-4-8-12(11)13;1-2/h2-4,6-8,14H,1,5,9-10H2;1-2H3/b6-2-,7-3-;. The molecular formula is C15H21N. The molecule has 0 bridgehead atoms. The van der Waals surface area contributed by atoms with Crippen LogP contribution in [-0.4, -0.2) is 6.54 Å². The van der Waals surface area contributed by atoms with Gasteiger partial charge in [-0.2, -0.15) is 0 Å². The third kappa shape index (κ3) is 3.27. The second-order valence-corrected chi connectivity index (χ2v) is 3.53. The summed E-state index contributed by atoms with van der Waals surface area (Å²) in [4.78, 5) is 0. The van der Waals surface area contributed by atoms with Gasteiger partial charge in [0.1, 0.15) is 0 Å². The molecule has 1 heteroatoms. The lowest BCUT2D eigenvalue weighted by molar-refractivity contribution is 0.791. The molecule has 0 aromatic heterocycles. The molecule has 0 fully saturated rings. The van der Waals surface area contributed by atoms with Crippen molar-refractivity contribution in [1.29, 1.82) is 0 Å². The van der Waals surface area contributed by atoms with Gasteiger partial charge in [0, 0.05) is 12.2 Å². The molecule has 0 radical (unpaired) electrons. The van der Waals surface area contributed by atoms with Crippen molar-refractivity contribution in [2.75, 3.05) is 6.54 Å². The Bertz CT molecular complexity index is 354. The normalized spacial score (nSPS) is 22.8. The van der Waals surface area contributed by atoms with Crippen molar-refractivity contribution < 1.29 is 0 Å². The van der Waals surface area contributed by atoms with E-state index in [9.17, 15) is 0 Å². The van der Waals surface area contributed by atoms with Crippen LogP contribution in [-0.2, 0) is 0 Å². The van der Waals surface area contributed by atoms with Crippen LogP contribution in [0.4, 0.5) is 0 Å². The van der Waals surface area contributed by atoms with E-state index in [2.05, 4.69) is 42.3 Å². The quantitative estimate of drug-likeness (QED) is 0.646. The van der Waals surface area contributed by atoms with E-state index in [4.69, 9.17) is 0 Å². The fraction of sp³-hybridized carbons (Fsp3) is 0.333. The van der Waals surface area contributed by atoms with Gasteiger partial charge < -0.3 is 5.32 Å². The summed E-state index contributed by atoms with van der Waals surface area (Å²) in [5.74, 6) is 0. The summed E-state index contributed by atoms with van der Waals surface area (Å²) in [7, 11) is 0. The Kier molecular flexibility index (Phi) is 5.41. The summed E-state index contributed by atoms with van der Waals surface area (Å²) in [6.45, 7) is 8.98. The number of allylic oxidation sites excluding steroid dienone is 8. The molecule has 86 valence electrons. The van der Waals surface area contributed by atoms with Crippen molar-refractivity contribution >= 4 is 0 Å². The molecule has 0 unspecified atom stereocenters. The Balaban J connectivity index is 0.000000606. The van der Waals surface area contributed by atoms with Gasteiger partial charge in [0.25, 0.3) is 0 Å². The summed E-state index contributed by atoms with van der Waals surface area (Å²) in [5, 5.41) is 3.43. The molecule has 16 heavy (non-hydrogen) atoms. The monoisotopic (exact) mass is 215 g/mol. The molecule has 0 amide bonds. The number of hydrogen-bond donors (Lipinski definition) is 1.